The Bertz CT molecular complexity index is 1130. The van der Waals surface area contributed by atoms with Crippen molar-refractivity contribution in [3.63, 3.8) is 0 Å². The van der Waals surface area contributed by atoms with E-state index in [-0.39, 0.29) is 21.4 Å². The van der Waals surface area contributed by atoms with E-state index >= 15 is 0 Å². The van der Waals surface area contributed by atoms with Crippen LogP contribution >= 0.6 is 35.0 Å². The number of rotatable bonds is 6. The molecule has 2 aromatic carbocycles. The number of ether oxygens (including phenoxy) is 1. The smallest absolute Gasteiger partial charge is 0.319 e. The van der Waals surface area contributed by atoms with Crippen molar-refractivity contribution in [2.24, 2.45) is 5.92 Å². The van der Waals surface area contributed by atoms with Gasteiger partial charge in [-0.25, -0.2) is 0 Å². The van der Waals surface area contributed by atoms with Crippen LogP contribution in [0.4, 0.5) is 5.69 Å². The van der Waals surface area contributed by atoms with Gasteiger partial charge in [0.15, 0.2) is 0 Å². The van der Waals surface area contributed by atoms with Gasteiger partial charge in [-0.1, -0.05) is 65.3 Å². The molecule has 1 aliphatic rings. The molecule has 10 heteroatoms. The molecule has 1 heterocycles. The maximum Gasteiger partial charge on any atom is 0.319 e. The molecule has 0 spiro atoms. The van der Waals surface area contributed by atoms with Crippen LogP contribution in [-0.2, 0) is 19.1 Å². The Morgan fingerprint density at radius 3 is 2.56 bits per heavy atom. The van der Waals surface area contributed by atoms with Crippen molar-refractivity contribution in [3.8, 4) is 6.07 Å². The molecule has 0 aromatic heterocycles. The predicted octanol–water partition coefficient (Wildman–Crippen LogP) is 4.10. The van der Waals surface area contributed by atoms with Gasteiger partial charge in [0.1, 0.15) is 5.92 Å². The lowest BCUT2D eigenvalue weighted by Gasteiger charge is -2.30. The number of nitriles is 1. The first-order valence-electron chi connectivity index (χ1n) is 9.31. The highest BCUT2D eigenvalue weighted by Crippen LogP contribution is 2.40. The number of thioether (sulfide) groups is 1. The fourth-order valence-electron chi connectivity index (χ4n) is 3.25. The maximum absolute atomic E-state index is 12.8. The first-order chi connectivity index (χ1) is 15.3. The van der Waals surface area contributed by atoms with Gasteiger partial charge >= 0.3 is 5.97 Å². The van der Waals surface area contributed by atoms with E-state index < -0.39 is 29.6 Å². The molecule has 3 rings (SSSR count). The van der Waals surface area contributed by atoms with Gasteiger partial charge in [-0.3, -0.25) is 14.4 Å². The Kier molecular flexibility index (Phi) is 7.80. The second-order valence-corrected chi connectivity index (χ2v) is 8.52. The summed E-state index contributed by atoms with van der Waals surface area (Å²) in [4.78, 5) is 37.5. The number of anilines is 1. The van der Waals surface area contributed by atoms with Crippen molar-refractivity contribution in [3.05, 3.63) is 74.7 Å². The number of carbonyl (C=O) groups excluding carboxylic acids is 3. The zero-order chi connectivity index (χ0) is 23.3. The highest BCUT2D eigenvalue weighted by Gasteiger charge is 2.44. The Morgan fingerprint density at radius 2 is 1.94 bits per heavy atom. The topological polar surface area (TPSA) is 108 Å². The first-order valence-corrected chi connectivity index (χ1v) is 11.1. The maximum atomic E-state index is 12.8. The summed E-state index contributed by atoms with van der Waals surface area (Å²) in [5.74, 6) is -3.91. The van der Waals surface area contributed by atoms with Gasteiger partial charge in [0.2, 0.25) is 11.8 Å². The lowest BCUT2D eigenvalue weighted by molar-refractivity contribution is -0.150. The summed E-state index contributed by atoms with van der Waals surface area (Å²) in [7, 11) is 1.18. The molecule has 2 N–H and O–H groups in total. The van der Waals surface area contributed by atoms with Gasteiger partial charge in [0.05, 0.1) is 40.2 Å². The quantitative estimate of drug-likeness (QED) is 0.466. The van der Waals surface area contributed by atoms with Gasteiger partial charge < -0.3 is 15.4 Å². The van der Waals surface area contributed by atoms with Crippen LogP contribution in [0.3, 0.4) is 0 Å². The van der Waals surface area contributed by atoms with Gasteiger partial charge in [-0.2, -0.15) is 5.26 Å². The summed E-state index contributed by atoms with van der Waals surface area (Å²) in [5.41, 5.74) is 1.18. The molecule has 0 radical (unpaired) electrons. The second-order valence-electron chi connectivity index (χ2n) is 6.69. The number of allylic oxidation sites excluding steroid dienone is 1. The summed E-state index contributed by atoms with van der Waals surface area (Å²) in [6.07, 6.45) is 0. The van der Waals surface area contributed by atoms with Crippen molar-refractivity contribution in [2.75, 3.05) is 18.2 Å². The van der Waals surface area contributed by atoms with Gasteiger partial charge in [-0.05, 0) is 23.8 Å². The second kappa shape index (κ2) is 10.6. The number of nitrogens with zero attached hydrogens (tertiary/aromatic N) is 1. The number of esters is 1. The van der Waals surface area contributed by atoms with E-state index in [1.54, 1.807) is 42.5 Å². The van der Waals surface area contributed by atoms with E-state index in [1.165, 1.54) is 13.2 Å². The van der Waals surface area contributed by atoms with E-state index in [4.69, 9.17) is 27.9 Å². The minimum absolute atomic E-state index is 0.107. The van der Waals surface area contributed by atoms with Crippen LogP contribution in [0, 0.1) is 17.2 Å². The fourth-order valence-corrected chi connectivity index (χ4v) is 4.56. The van der Waals surface area contributed by atoms with E-state index in [9.17, 15) is 19.6 Å². The molecular formula is C22H17Cl2N3O4S. The van der Waals surface area contributed by atoms with Crippen LogP contribution in [0.5, 0.6) is 0 Å². The highest BCUT2D eigenvalue weighted by atomic mass is 35.5. The molecule has 0 fully saturated rings. The fraction of sp³-hybridized carbons (Fsp3) is 0.182. The third-order valence-electron chi connectivity index (χ3n) is 4.70. The molecule has 0 aliphatic carbocycles. The predicted molar refractivity (Wildman–Crippen MR) is 123 cm³/mol. The zero-order valence-electron chi connectivity index (χ0n) is 16.7. The number of nitrogens with one attached hydrogen (secondary N) is 2. The van der Waals surface area contributed by atoms with Crippen LogP contribution in [-0.4, -0.2) is 30.6 Å². The molecule has 164 valence electrons. The SMILES string of the molecule is COC(=O)[C@H]1C(=O)NC(SCC(=O)Nc2ccc(Cl)cc2Cl)=C(C#N)[C@H]1c1ccccc1. The molecule has 0 saturated carbocycles. The third kappa shape index (κ3) is 5.25. The lowest BCUT2D eigenvalue weighted by Crippen LogP contribution is -2.44. The summed E-state index contributed by atoms with van der Waals surface area (Å²) >= 11 is 12.9. The molecule has 2 aromatic rings. The lowest BCUT2D eigenvalue weighted by atomic mass is 9.78. The molecule has 1 aliphatic heterocycles. The monoisotopic (exact) mass is 489 g/mol. The Hall–Kier alpha value is -2.99. The van der Waals surface area contributed by atoms with Crippen molar-refractivity contribution < 1.29 is 19.1 Å². The molecular weight excluding hydrogens is 473 g/mol. The van der Waals surface area contributed by atoms with Crippen LogP contribution in [0.25, 0.3) is 0 Å². The van der Waals surface area contributed by atoms with Crippen molar-refractivity contribution >= 4 is 58.4 Å². The van der Waals surface area contributed by atoms with E-state index in [2.05, 4.69) is 16.7 Å². The van der Waals surface area contributed by atoms with Gasteiger partial charge in [-0.15, -0.1) is 0 Å². The molecule has 0 saturated heterocycles. The van der Waals surface area contributed by atoms with Crippen LogP contribution in [0.1, 0.15) is 11.5 Å². The number of methoxy groups -OCH3 is 1. The molecule has 2 amide bonds. The number of amides is 2. The largest absolute Gasteiger partial charge is 0.468 e. The standard InChI is InChI=1S/C22H17Cl2N3O4S/c1-31-22(30)19-18(12-5-3-2-4-6-12)14(10-25)21(27-20(19)29)32-11-17(28)26-16-8-7-13(23)9-15(16)24/h2-9,18-19H,11H2,1H3,(H,26,28)(H,27,29)/t18-,19-/m1/s1. The zero-order valence-corrected chi connectivity index (χ0v) is 19.1. The summed E-state index contributed by atoms with van der Waals surface area (Å²) < 4.78 is 4.80. The molecule has 32 heavy (non-hydrogen) atoms. The number of carbonyl (C=O) groups is 3. The van der Waals surface area contributed by atoms with E-state index in [0.29, 0.717) is 16.3 Å². The number of hydrogen-bond acceptors (Lipinski definition) is 6. The minimum atomic E-state index is -1.22. The van der Waals surface area contributed by atoms with Crippen LogP contribution < -0.4 is 10.6 Å². The Balaban J connectivity index is 1.86. The summed E-state index contributed by atoms with van der Waals surface area (Å²) in [6.45, 7) is 0. The average Bonchev–Trinajstić information content (AvgIpc) is 2.79. The van der Waals surface area contributed by atoms with Crippen LogP contribution in [0.15, 0.2) is 59.1 Å². The van der Waals surface area contributed by atoms with E-state index in [1.807, 2.05) is 0 Å². The van der Waals surface area contributed by atoms with Gasteiger partial charge in [0, 0.05) is 10.9 Å². The first kappa shape index (κ1) is 23.7. The summed E-state index contributed by atoms with van der Waals surface area (Å²) in [6, 6.07) is 15.5. The highest BCUT2D eigenvalue weighted by molar-refractivity contribution is 8.03. The summed E-state index contributed by atoms with van der Waals surface area (Å²) in [5, 5.41) is 16.0. The van der Waals surface area contributed by atoms with Crippen molar-refractivity contribution in [1.82, 2.24) is 5.32 Å². The van der Waals surface area contributed by atoms with Gasteiger partial charge in [0.25, 0.3) is 0 Å². The Morgan fingerprint density at radius 1 is 1.22 bits per heavy atom. The molecule has 0 unspecified atom stereocenters. The number of halogens is 2. The molecule has 7 nitrogen and oxygen atoms in total. The van der Waals surface area contributed by atoms with Crippen LogP contribution in [0.2, 0.25) is 10.0 Å². The number of hydrogen-bond donors (Lipinski definition) is 2. The normalized spacial score (nSPS) is 17.9. The van der Waals surface area contributed by atoms with E-state index in [0.717, 1.165) is 11.8 Å². The Labute approximate surface area is 198 Å². The van der Waals surface area contributed by atoms with Crippen molar-refractivity contribution in [2.45, 2.75) is 5.92 Å². The number of benzene rings is 2. The third-order valence-corrected chi connectivity index (χ3v) is 6.26. The molecule has 0 bridgehead atoms. The van der Waals surface area contributed by atoms with Crippen molar-refractivity contribution in [1.29, 1.82) is 5.26 Å². The minimum Gasteiger partial charge on any atom is -0.468 e. The average molecular weight is 490 g/mol. The molecule has 2 atom stereocenters.